The number of amidine groups is 1. The number of thioether (sulfide) groups is 1. The fourth-order valence-corrected chi connectivity index (χ4v) is 4.10. The number of carbonyl (C=O) groups is 2. The molecule has 1 fully saturated rings. The van der Waals surface area contributed by atoms with Gasteiger partial charge in [-0.15, -0.1) is 0 Å². The van der Waals surface area contributed by atoms with Crippen molar-refractivity contribution in [1.82, 2.24) is 4.90 Å². The van der Waals surface area contributed by atoms with Gasteiger partial charge in [0.05, 0.1) is 17.4 Å². The maximum Gasteiger partial charge on any atom is 0.310 e. The van der Waals surface area contributed by atoms with Crippen LogP contribution in [0.2, 0.25) is 0 Å². The number of anilines is 1. The van der Waals surface area contributed by atoms with Crippen LogP contribution in [0.1, 0.15) is 25.3 Å². The zero-order chi connectivity index (χ0) is 19.4. The summed E-state index contributed by atoms with van der Waals surface area (Å²) < 4.78 is 5.15. The third-order valence-corrected chi connectivity index (χ3v) is 5.67. The Labute approximate surface area is 164 Å². The summed E-state index contributed by atoms with van der Waals surface area (Å²) >= 11 is 1.38. The van der Waals surface area contributed by atoms with Gasteiger partial charge in [0.2, 0.25) is 0 Å². The van der Waals surface area contributed by atoms with Gasteiger partial charge in [-0.3, -0.25) is 9.59 Å². The van der Waals surface area contributed by atoms with Crippen LogP contribution < -0.4 is 4.90 Å². The smallest absolute Gasteiger partial charge is 0.310 e. The fraction of sp³-hybridized carbons (Fsp3) is 0.450. The van der Waals surface area contributed by atoms with Gasteiger partial charge in [0.1, 0.15) is 0 Å². The number of piperidine rings is 1. The van der Waals surface area contributed by atoms with E-state index in [0.29, 0.717) is 23.2 Å². The molecule has 0 aromatic heterocycles. The summed E-state index contributed by atoms with van der Waals surface area (Å²) in [5.74, 6) is -0.525. The van der Waals surface area contributed by atoms with Gasteiger partial charge < -0.3 is 14.5 Å². The monoisotopic (exact) mass is 387 g/mol. The Morgan fingerprint density at radius 2 is 2.11 bits per heavy atom. The Bertz CT molecular complexity index is 771. The lowest BCUT2D eigenvalue weighted by molar-refractivity contribution is -0.149. The van der Waals surface area contributed by atoms with E-state index < -0.39 is 0 Å². The third kappa shape index (κ3) is 4.71. The minimum Gasteiger partial charge on any atom is -0.466 e. The van der Waals surface area contributed by atoms with Crippen LogP contribution in [0.25, 0.3) is 6.08 Å². The van der Waals surface area contributed by atoms with Crippen molar-refractivity contribution in [1.29, 1.82) is 0 Å². The fourth-order valence-electron chi connectivity index (χ4n) is 3.16. The molecule has 2 aliphatic heterocycles. The number of benzene rings is 1. The van der Waals surface area contributed by atoms with Crippen molar-refractivity contribution in [3.63, 3.8) is 0 Å². The van der Waals surface area contributed by atoms with E-state index in [1.807, 2.05) is 61.2 Å². The van der Waals surface area contributed by atoms with Crippen LogP contribution in [-0.4, -0.2) is 55.7 Å². The van der Waals surface area contributed by atoms with Crippen molar-refractivity contribution in [3.05, 3.63) is 34.7 Å². The number of rotatable bonds is 4. The molecule has 27 heavy (non-hydrogen) atoms. The lowest BCUT2D eigenvalue weighted by Crippen LogP contribution is -2.41. The second-order valence-electron chi connectivity index (χ2n) is 6.83. The van der Waals surface area contributed by atoms with Crippen LogP contribution in [-0.2, 0) is 14.3 Å². The van der Waals surface area contributed by atoms with Crippen LogP contribution in [0, 0.1) is 5.92 Å². The van der Waals surface area contributed by atoms with Gasteiger partial charge in [-0.1, -0.05) is 12.1 Å². The topological polar surface area (TPSA) is 62.2 Å². The zero-order valence-electron chi connectivity index (χ0n) is 16.0. The van der Waals surface area contributed by atoms with Gasteiger partial charge in [0, 0.05) is 32.9 Å². The molecule has 1 atom stereocenters. The van der Waals surface area contributed by atoms with Gasteiger partial charge in [-0.25, -0.2) is 0 Å². The molecule has 144 valence electrons. The first kappa shape index (κ1) is 19.5. The maximum atomic E-state index is 12.3. The molecular formula is C20H25N3O3S. The molecule has 1 saturated heterocycles. The molecule has 0 unspecified atom stereocenters. The number of nitrogens with zero attached hydrogens (tertiary/aromatic N) is 3. The lowest BCUT2D eigenvalue weighted by atomic mass is 9.99. The summed E-state index contributed by atoms with van der Waals surface area (Å²) in [5.41, 5.74) is 2.08. The van der Waals surface area contributed by atoms with E-state index in [4.69, 9.17) is 4.74 Å². The number of ether oxygens (including phenoxy) is 1. The first-order chi connectivity index (χ1) is 13.0. The summed E-state index contributed by atoms with van der Waals surface area (Å²) in [4.78, 5) is 33.2. The largest absolute Gasteiger partial charge is 0.466 e. The van der Waals surface area contributed by atoms with Crippen LogP contribution >= 0.6 is 11.8 Å². The molecule has 0 radical (unpaired) electrons. The van der Waals surface area contributed by atoms with E-state index in [9.17, 15) is 9.59 Å². The third-order valence-electron chi connectivity index (χ3n) is 4.63. The molecule has 1 amide bonds. The van der Waals surface area contributed by atoms with Crippen LogP contribution in [0.15, 0.2) is 34.2 Å². The number of amides is 1. The molecule has 2 heterocycles. The van der Waals surface area contributed by atoms with Gasteiger partial charge in [-0.05, 0) is 55.3 Å². The van der Waals surface area contributed by atoms with E-state index in [2.05, 4.69) is 4.99 Å². The van der Waals surface area contributed by atoms with Crippen molar-refractivity contribution in [2.75, 3.05) is 38.7 Å². The molecule has 2 aliphatic rings. The normalized spacial score (nSPS) is 21.4. The Morgan fingerprint density at radius 3 is 2.78 bits per heavy atom. The summed E-state index contributed by atoms with van der Waals surface area (Å²) in [6, 6.07) is 8.03. The van der Waals surface area contributed by atoms with Crippen LogP contribution in [0.4, 0.5) is 5.69 Å². The van der Waals surface area contributed by atoms with Crippen LogP contribution in [0.3, 0.4) is 0 Å². The van der Waals surface area contributed by atoms with Gasteiger partial charge in [0.25, 0.3) is 5.91 Å². The highest BCUT2D eigenvalue weighted by Crippen LogP contribution is 2.32. The minimum atomic E-state index is -0.218. The second kappa shape index (κ2) is 8.61. The first-order valence-corrected chi connectivity index (χ1v) is 10.0. The Kier molecular flexibility index (Phi) is 6.21. The number of esters is 1. The minimum absolute atomic E-state index is 0.149. The van der Waals surface area contributed by atoms with Gasteiger partial charge in [0.15, 0.2) is 5.17 Å². The molecule has 6 nitrogen and oxygen atoms in total. The van der Waals surface area contributed by atoms with E-state index in [1.165, 1.54) is 11.8 Å². The summed E-state index contributed by atoms with van der Waals surface area (Å²) in [7, 11) is 3.98. The van der Waals surface area contributed by atoms with Crippen molar-refractivity contribution in [3.8, 4) is 0 Å². The van der Waals surface area contributed by atoms with Crippen molar-refractivity contribution in [2.24, 2.45) is 10.9 Å². The molecule has 3 rings (SSSR count). The highest BCUT2D eigenvalue weighted by atomic mass is 32.2. The predicted octanol–water partition coefficient (Wildman–Crippen LogP) is 3.00. The Morgan fingerprint density at radius 1 is 1.37 bits per heavy atom. The lowest BCUT2D eigenvalue weighted by Gasteiger charge is -2.32. The number of hydrogen-bond donors (Lipinski definition) is 0. The van der Waals surface area contributed by atoms with Crippen molar-refractivity contribution >= 4 is 40.6 Å². The molecule has 0 aliphatic carbocycles. The maximum absolute atomic E-state index is 12.3. The molecule has 0 spiro atoms. The molecule has 0 N–H and O–H groups in total. The summed E-state index contributed by atoms with van der Waals surface area (Å²) in [6.45, 7) is 3.57. The highest BCUT2D eigenvalue weighted by molar-refractivity contribution is 8.18. The first-order valence-electron chi connectivity index (χ1n) is 9.19. The summed E-state index contributed by atoms with van der Waals surface area (Å²) in [6.07, 6.45) is 3.58. The quantitative estimate of drug-likeness (QED) is 0.585. The molecule has 0 bridgehead atoms. The van der Waals surface area contributed by atoms with Crippen molar-refractivity contribution < 1.29 is 14.3 Å². The predicted molar refractivity (Wildman–Crippen MR) is 110 cm³/mol. The molecule has 1 aromatic carbocycles. The summed E-state index contributed by atoms with van der Waals surface area (Å²) in [5, 5.41) is 0.685. The molecule has 1 aromatic rings. The second-order valence-corrected chi connectivity index (χ2v) is 7.84. The number of likely N-dealkylation sites (tertiary alicyclic amines) is 1. The van der Waals surface area contributed by atoms with E-state index in [0.717, 1.165) is 30.6 Å². The molecule has 7 heteroatoms. The van der Waals surface area contributed by atoms with Crippen molar-refractivity contribution in [2.45, 2.75) is 19.8 Å². The number of aliphatic imine (C=N–C) groups is 1. The molecular weight excluding hydrogens is 362 g/mol. The average molecular weight is 388 g/mol. The standard InChI is InChI=1S/C20H25N3O3S/c1-4-26-19(25)15-6-5-11-23(13-15)20-21-18(24)17(27-20)12-14-7-9-16(10-8-14)22(2)3/h7-10,12,15H,4-6,11,13H2,1-3H3/b17-12-/t15-/m1/s1. The Balaban J connectivity index is 1.67. The zero-order valence-corrected chi connectivity index (χ0v) is 16.8. The SMILES string of the molecule is CCOC(=O)[C@@H]1CCCN(C2=NC(=O)/C(=C/c3ccc(N(C)C)cc3)S2)C1. The number of hydrogen-bond acceptors (Lipinski definition) is 6. The van der Waals surface area contributed by atoms with E-state index in [1.54, 1.807) is 0 Å². The van der Waals surface area contributed by atoms with Crippen LogP contribution in [0.5, 0.6) is 0 Å². The van der Waals surface area contributed by atoms with Gasteiger partial charge >= 0.3 is 5.97 Å². The van der Waals surface area contributed by atoms with E-state index in [-0.39, 0.29) is 17.8 Å². The molecule has 0 saturated carbocycles. The average Bonchev–Trinajstić information content (AvgIpc) is 3.03. The number of carbonyl (C=O) groups excluding carboxylic acids is 2. The van der Waals surface area contributed by atoms with E-state index >= 15 is 0 Å². The van der Waals surface area contributed by atoms with Gasteiger partial charge in [-0.2, -0.15) is 4.99 Å². The Hall–Kier alpha value is -2.28. The highest BCUT2D eigenvalue weighted by Gasteiger charge is 2.32.